The minimum atomic E-state index is -0.544. The standard InChI is InChI=1S/C30H36N8O3/c1-30(2,3)41-29(40)37-13-11-21(12-14-37)38-27-22-15-19(7-9-23(22)32-17-26(27)35(5)28(38)39)20-8-10-24(31-16-20)25-18-34(4)36(6)33-25/h7-10,15-18,21,33H,11-14H2,1-6H3. The highest BCUT2D eigenvalue weighted by molar-refractivity contribution is 6.04. The lowest BCUT2D eigenvalue weighted by Crippen LogP contribution is -2.43. The third-order valence-corrected chi connectivity index (χ3v) is 7.84. The van der Waals surface area contributed by atoms with Gasteiger partial charge in [0.1, 0.15) is 5.60 Å². The zero-order valence-corrected chi connectivity index (χ0v) is 24.4. The van der Waals surface area contributed by atoms with E-state index in [1.165, 1.54) is 0 Å². The van der Waals surface area contributed by atoms with Gasteiger partial charge in [-0.25, -0.2) is 9.59 Å². The molecule has 2 aliphatic rings. The number of ether oxygens (including phenoxy) is 1. The van der Waals surface area contributed by atoms with Crippen LogP contribution in [0.25, 0.3) is 38.8 Å². The number of aromatic nitrogens is 4. The number of hydrogen-bond acceptors (Lipinski definition) is 8. The van der Waals surface area contributed by atoms with E-state index in [-0.39, 0.29) is 17.8 Å². The van der Waals surface area contributed by atoms with Crippen molar-refractivity contribution >= 4 is 33.7 Å². The van der Waals surface area contributed by atoms with Crippen LogP contribution in [-0.4, -0.2) is 73.0 Å². The molecule has 6 rings (SSSR count). The Morgan fingerprint density at radius 2 is 1.73 bits per heavy atom. The third kappa shape index (κ3) is 4.90. The molecule has 11 nitrogen and oxygen atoms in total. The van der Waals surface area contributed by atoms with Gasteiger partial charge in [-0.2, -0.15) is 0 Å². The first-order valence-electron chi connectivity index (χ1n) is 13.9. The maximum atomic E-state index is 13.6. The number of nitrogens with one attached hydrogen (secondary N) is 1. The van der Waals surface area contributed by atoms with Crippen LogP contribution >= 0.6 is 0 Å². The molecule has 41 heavy (non-hydrogen) atoms. The lowest BCUT2D eigenvalue weighted by molar-refractivity contribution is 0.0188. The second-order valence-corrected chi connectivity index (χ2v) is 11.8. The number of imidazole rings is 1. The van der Waals surface area contributed by atoms with Crippen molar-refractivity contribution in [2.75, 3.05) is 27.2 Å². The van der Waals surface area contributed by atoms with Gasteiger partial charge in [0.15, 0.2) is 0 Å². The van der Waals surface area contributed by atoms with Gasteiger partial charge in [-0.05, 0) is 57.4 Å². The summed E-state index contributed by atoms with van der Waals surface area (Å²) in [6, 6.07) is 10.2. The maximum Gasteiger partial charge on any atom is 0.410 e. The van der Waals surface area contributed by atoms with Gasteiger partial charge in [0, 0.05) is 63.6 Å². The number of benzene rings is 1. The highest BCUT2D eigenvalue weighted by atomic mass is 16.6. The van der Waals surface area contributed by atoms with Crippen LogP contribution in [0.15, 0.2) is 53.7 Å². The summed E-state index contributed by atoms with van der Waals surface area (Å²) in [4.78, 5) is 37.3. The number of likely N-dealkylation sites (tertiary alicyclic amines) is 1. The number of carbonyl (C=O) groups excluding carboxylic acids is 1. The first kappa shape index (κ1) is 26.8. The Bertz CT molecular complexity index is 1720. The molecule has 0 saturated carbocycles. The number of rotatable bonds is 3. The summed E-state index contributed by atoms with van der Waals surface area (Å²) in [6.45, 7) is 6.67. The van der Waals surface area contributed by atoms with Crippen LogP contribution in [-0.2, 0) is 11.8 Å². The molecule has 0 atom stereocenters. The lowest BCUT2D eigenvalue weighted by atomic mass is 10.0. The largest absolute Gasteiger partial charge is 0.444 e. The van der Waals surface area contributed by atoms with Crippen LogP contribution in [0.4, 0.5) is 4.79 Å². The molecule has 3 aromatic heterocycles. The van der Waals surface area contributed by atoms with Crippen molar-refractivity contribution < 1.29 is 9.53 Å². The number of amides is 1. The predicted molar refractivity (Wildman–Crippen MR) is 158 cm³/mol. The van der Waals surface area contributed by atoms with Gasteiger partial charge in [0.05, 0.1) is 34.1 Å². The van der Waals surface area contributed by atoms with E-state index in [0.29, 0.717) is 25.9 Å². The zero-order chi connectivity index (χ0) is 29.1. The Kier molecular flexibility index (Phi) is 6.49. The molecule has 1 aromatic carbocycles. The summed E-state index contributed by atoms with van der Waals surface area (Å²) in [5.74, 6) is 0. The first-order chi connectivity index (χ1) is 19.5. The number of aryl methyl sites for hydroxylation is 1. The van der Waals surface area contributed by atoms with E-state index < -0.39 is 5.60 Å². The van der Waals surface area contributed by atoms with Gasteiger partial charge < -0.3 is 9.64 Å². The zero-order valence-electron chi connectivity index (χ0n) is 24.4. The van der Waals surface area contributed by atoms with E-state index in [1.807, 2.05) is 80.2 Å². The van der Waals surface area contributed by atoms with Crippen LogP contribution in [0.1, 0.15) is 45.3 Å². The number of nitrogens with zero attached hydrogens (tertiary/aromatic N) is 7. The Hall–Kier alpha value is -4.38. The molecule has 2 aliphatic heterocycles. The van der Waals surface area contributed by atoms with E-state index in [4.69, 9.17) is 9.72 Å². The van der Waals surface area contributed by atoms with Crippen molar-refractivity contribution in [2.24, 2.45) is 7.05 Å². The van der Waals surface area contributed by atoms with E-state index in [0.717, 1.165) is 44.5 Å². The van der Waals surface area contributed by atoms with Crippen molar-refractivity contribution in [3.8, 4) is 11.1 Å². The van der Waals surface area contributed by atoms with Crippen molar-refractivity contribution in [3.63, 3.8) is 0 Å². The molecule has 1 amide bonds. The second kappa shape index (κ2) is 9.91. The van der Waals surface area contributed by atoms with E-state index >= 15 is 0 Å². The summed E-state index contributed by atoms with van der Waals surface area (Å²) in [6.07, 6.45) is 6.67. The molecule has 0 aliphatic carbocycles. The minimum absolute atomic E-state index is 0.0384. The van der Waals surface area contributed by atoms with Crippen LogP contribution < -0.4 is 11.1 Å². The van der Waals surface area contributed by atoms with Gasteiger partial charge in [0.2, 0.25) is 0 Å². The molecule has 11 heteroatoms. The number of hydrogen-bond donors (Lipinski definition) is 1. The lowest BCUT2D eigenvalue weighted by Gasteiger charge is -2.33. The number of pyridine rings is 2. The van der Waals surface area contributed by atoms with Gasteiger partial charge in [0.25, 0.3) is 0 Å². The average Bonchev–Trinajstić information content (AvgIpc) is 3.42. The fourth-order valence-corrected chi connectivity index (χ4v) is 5.58. The van der Waals surface area contributed by atoms with Gasteiger partial charge in [-0.1, -0.05) is 12.1 Å². The SMILES string of the molecule is CN1C=C(c2ccc(-c3ccc4ncc5c(c4c3)n(C3CCN(C(=O)OC(C)(C)C)CC3)c(=O)n5C)cn2)NN1C. The van der Waals surface area contributed by atoms with Crippen LogP contribution in [0.2, 0.25) is 0 Å². The Morgan fingerprint density at radius 3 is 2.37 bits per heavy atom. The number of hydrazine groups is 2. The van der Waals surface area contributed by atoms with Gasteiger partial charge in [-0.3, -0.25) is 29.5 Å². The predicted octanol–water partition coefficient (Wildman–Crippen LogP) is 4.12. The average molecular weight is 557 g/mol. The quantitative estimate of drug-likeness (QED) is 0.402. The van der Waals surface area contributed by atoms with Crippen LogP contribution in [0.5, 0.6) is 0 Å². The van der Waals surface area contributed by atoms with Crippen molar-refractivity contribution in [2.45, 2.75) is 45.3 Å². The molecule has 1 saturated heterocycles. The normalized spacial score (nSPS) is 16.9. The third-order valence-electron chi connectivity index (χ3n) is 7.84. The van der Waals surface area contributed by atoms with E-state index in [9.17, 15) is 9.59 Å². The molecule has 4 aromatic rings. The van der Waals surface area contributed by atoms with Crippen LogP contribution in [0.3, 0.4) is 0 Å². The van der Waals surface area contributed by atoms with Gasteiger partial charge in [-0.15, -0.1) is 5.12 Å². The Balaban J connectivity index is 1.34. The Morgan fingerprint density at radius 1 is 1.00 bits per heavy atom. The molecule has 0 unspecified atom stereocenters. The van der Waals surface area contributed by atoms with E-state index in [1.54, 1.807) is 22.7 Å². The van der Waals surface area contributed by atoms with Crippen molar-refractivity contribution in [1.29, 1.82) is 0 Å². The summed E-state index contributed by atoms with van der Waals surface area (Å²) in [7, 11) is 5.69. The maximum absolute atomic E-state index is 13.6. The fraction of sp³-hybridized carbons (Fsp3) is 0.400. The summed E-state index contributed by atoms with van der Waals surface area (Å²) < 4.78 is 9.14. The molecule has 5 heterocycles. The molecular formula is C30H36N8O3. The first-order valence-corrected chi connectivity index (χ1v) is 13.9. The highest BCUT2D eigenvalue weighted by Crippen LogP contribution is 2.32. The van der Waals surface area contributed by atoms with Gasteiger partial charge >= 0.3 is 11.8 Å². The summed E-state index contributed by atoms with van der Waals surface area (Å²) in [5, 5.41) is 4.75. The fourth-order valence-electron chi connectivity index (χ4n) is 5.58. The topological polar surface area (TPSA) is 101 Å². The number of piperidine rings is 1. The van der Waals surface area contributed by atoms with E-state index in [2.05, 4.69) is 22.5 Å². The Labute approximate surface area is 238 Å². The highest BCUT2D eigenvalue weighted by Gasteiger charge is 2.30. The molecular weight excluding hydrogens is 520 g/mol. The summed E-state index contributed by atoms with van der Waals surface area (Å²) in [5.41, 5.74) is 8.89. The molecule has 1 N–H and O–H groups in total. The second-order valence-electron chi connectivity index (χ2n) is 11.8. The molecule has 0 bridgehead atoms. The number of carbonyl (C=O) groups is 1. The molecule has 214 valence electrons. The minimum Gasteiger partial charge on any atom is -0.444 e. The van der Waals surface area contributed by atoms with Crippen molar-refractivity contribution in [1.82, 2.24) is 39.6 Å². The van der Waals surface area contributed by atoms with Crippen LogP contribution in [0, 0.1) is 0 Å². The monoisotopic (exact) mass is 556 g/mol. The smallest absolute Gasteiger partial charge is 0.410 e. The van der Waals surface area contributed by atoms with Crippen molar-refractivity contribution in [3.05, 3.63) is 65.1 Å². The molecule has 0 radical (unpaired) electrons. The summed E-state index contributed by atoms with van der Waals surface area (Å²) >= 11 is 0. The molecule has 1 fully saturated rings. The number of fused-ring (bicyclic) bond motifs is 3. The molecule has 0 spiro atoms.